The lowest BCUT2D eigenvalue weighted by Gasteiger charge is -2.17. The molecule has 0 spiro atoms. The summed E-state index contributed by atoms with van der Waals surface area (Å²) in [5, 5.41) is 3.43. The van der Waals surface area contributed by atoms with Crippen LogP contribution < -0.4 is 5.32 Å². The van der Waals surface area contributed by atoms with Crippen LogP contribution in [0.25, 0.3) is 0 Å². The van der Waals surface area contributed by atoms with Crippen molar-refractivity contribution in [3.63, 3.8) is 0 Å². The summed E-state index contributed by atoms with van der Waals surface area (Å²) in [4.78, 5) is 2.31. The third-order valence-electron chi connectivity index (χ3n) is 3.01. The van der Waals surface area contributed by atoms with Gasteiger partial charge in [0, 0.05) is 6.54 Å². The van der Waals surface area contributed by atoms with Gasteiger partial charge in [0.15, 0.2) is 0 Å². The van der Waals surface area contributed by atoms with Crippen molar-refractivity contribution in [3.8, 4) is 0 Å². The van der Waals surface area contributed by atoms with E-state index < -0.39 is 0 Å². The van der Waals surface area contributed by atoms with Crippen LogP contribution in [0.2, 0.25) is 0 Å². The molecule has 0 atom stereocenters. The molecule has 0 saturated carbocycles. The molecule has 0 aliphatic heterocycles. The van der Waals surface area contributed by atoms with E-state index in [4.69, 9.17) is 4.42 Å². The summed E-state index contributed by atoms with van der Waals surface area (Å²) in [5.41, 5.74) is 1.25. The minimum atomic E-state index is 0.673. The highest BCUT2D eigenvalue weighted by Crippen LogP contribution is 2.16. The normalized spacial score (nSPS) is 12.1. The highest BCUT2D eigenvalue weighted by Gasteiger charge is 2.10. The Morgan fingerprint density at radius 2 is 1.89 bits per heavy atom. The molecule has 19 heavy (non-hydrogen) atoms. The van der Waals surface area contributed by atoms with Crippen LogP contribution in [0.5, 0.6) is 0 Å². The van der Waals surface area contributed by atoms with Gasteiger partial charge in [-0.3, -0.25) is 4.90 Å². The summed E-state index contributed by atoms with van der Waals surface area (Å²) >= 11 is 0. The van der Waals surface area contributed by atoms with E-state index in [0.717, 1.165) is 37.7 Å². The Hall–Kier alpha value is -0.800. The molecule has 1 aromatic rings. The largest absolute Gasteiger partial charge is 0.463 e. The van der Waals surface area contributed by atoms with Crippen molar-refractivity contribution in [1.82, 2.24) is 10.2 Å². The first-order valence-corrected chi connectivity index (χ1v) is 7.36. The van der Waals surface area contributed by atoms with E-state index in [1.54, 1.807) is 0 Å². The monoisotopic (exact) mass is 266 g/mol. The molecule has 1 N–H and O–H groups in total. The lowest BCUT2D eigenvalue weighted by Crippen LogP contribution is -2.22. The highest BCUT2D eigenvalue weighted by atomic mass is 16.3. The predicted octanol–water partition coefficient (Wildman–Crippen LogP) is 3.42. The van der Waals surface area contributed by atoms with E-state index >= 15 is 0 Å². The maximum Gasteiger partial charge on any atom is 0.120 e. The summed E-state index contributed by atoms with van der Waals surface area (Å²) in [6, 6.07) is 2.17. The topological polar surface area (TPSA) is 28.4 Å². The fourth-order valence-corrected chi connectivity index (χ4v) is 2.27. The van der Waals surface area contributed by atoms with Gasteiger partial charge in [0.1, 0.15) is 11.5 Å². The van der Waals surface area contributed by atoms with Crippen molar-refractivity contribution in [3.05, 3.63) is 23.2 Å². The standard InChI is InChI=1S/C16H30N2O/c1-12(2)8-17-9-16-14(5)7-15(19-16)11-18(6)10-13(3)4/h7,12-13,17H,8-11H2,1-6H3. The Labute approximate surface area is 118 Å². The van der Waals surface area contributed by atoms with Gasteiger partial charge in [-0.05, 0) is 44.0 Å². The quantitative estimate of drug-likeness (QED) is 0.781. The minimum absolute atomic E-state index is 0.673. The smallest absolute Gasteiger partial charge is 0.120 e. The number of hydrogen-bond donors (Lipinski definition) is 1. The molecular weight excluding hydrogens is 236 g/mol. The van der Waals surface area contributed by atoms with E-state index in [-0.39, 0.29) is 0 Å². The molecule has 1 aromatic heterocycles. The van der Waals surface area contributed by atoms with E-state index in [0.29, 0.717) is 11.8 Å². The Balaban J connectivity index is 2.48. The van der Waals surface area contributed by atoms with Crippen LogP contribution in [-0.4, -0.2) is 25.0 Å². The molecule has 0 aliphatic rings. The lowest BCUT2D eigenvalue weighted by molar-refractivity contribution is 0.261. The predicted molar refractivity (Wildman–Crippen MR) is 81.2 cm³/mol. The highest BCUT2D eigenvalue weighted by molar-refractivity contribution is 5.20. The summed E-state index contributed by atoms with van der Waals surface area (Å²) in [6.45, 7) is 14.9. The van der Waals surface area contributed by atoms with Crippen LogP contribution in [-0.2, 0) is 13.1 Å². The van der Waals surface area contributed by atoms with Gasteiger partial charge in [-0.1, -0.05) is 27.7 Å². The van der Waals surface area contributed by atoms with Crippen molar-refractivity contribution in [2.24, 2.45) is 11.8 Å². The van der Waals surface area contributed by atoms with Crippen LogP contribution in [0, 0.1) is 18.8 Å². The second kappa shape index (κ2) is 7.71. The Bertz CT molecular complexity index is 369. The van der Waals surface area contributed by atoms with Crippen LogP contribution in [0.3, 0.4) is 0 Å². The molecule has 0 unspecified atom stereocenters. The van der Waals surface area contributed by atoms with Gasteiger partial charge in [0.2, 0.25) is 0 Å². The Morgan fingerprint density at radius 3 is 2.47 bits per heavy atom. The second-order valence-electron chi connectivity index (χ2n) is 6.43. The number of nitrogens with one attached hydrogen (secondary N) is 1. The van der Waals surface area contributed by atoms with Gasteiger partial charge in [0.25, 0.3) is 0 Å². The maximum atomic E-state index is 5.94. The third kappa shape index (κ3) is 6.26. The molecule has 1 heterocycles. The second-order valence-corrected chi connectivity index (χ2v) is 6.43. The van der Waals surface area contributed by atoms with Gasteiger partial charge in [0.05, 0.1) is 13.1 Å². The van der Waals surface area contributed by atoms with E-state index in [2.05, 4.69) is 57.9 Å². The maximum absolute atomic E-state index is 5.94. The van der Waals surface area contributed by atoms with E-state index in [1.165, 1.54) is 5.56 Å². The first kappa shape index (κ1) is 16.3. The molecule has 0 aromatic carbocycles. The first-order valence-electron chi connectivity index (χ1n) is 7.36. The Kier molecular flexibility index (Phi) is 6.59. The average Bonchev–Trinajstić information content (AvgIpc) is 2.57. The summed E-state index contributed by atoms with van der Waals surface area (Å²) < 4.78 is 5.94. The molecule has 3 heteroatoms. The fourth-order valence-electron chi connectivity index (χ4n) is 2.27. The zero-order chi connectivity index (χ0) is 14.4. The van der Waals surface area contributed by atoms with Gasteiger partial charge in [-0.15, -0.1) is 0 Å². The number of furan rings is 1. The molecule has 3 nitrogen and oxygen atoms in total. The van der Waals surface area contributed by atoms with Crippen LogP contribution in [0.1, 0.15) is 44.8 Å². The molecule has 0 aliphatic carbocycles. The van der Waals surface area contributed by atoms with Gasteiger partial charge < -0.3 is 9.73 Å². The van der Waals surface area contributed by atoms with Gasteiger partial charge in [-0.25, -0.2) is 0 Å². The van der Waals surface area contributed by atoms with Crippen molar-refractivity contribution in [1.29, 1.82) is 0 Å². The molecule has 0 amide bonds. The molecule has 1 rings (SSSR count). The Morgan fingerprint density at radius 1 is 1.21 bits per heavy atom. The third-order valence-corrected chi connectivity index (χ3v) is 3.01. The molecular formula is C16H30N2O. The van der Waals surface area contributed by atoms with Crippen LogP contribution in [0.4, 0.5) is 0 Å². The van der Waals surface area contributed by atoms with Gasteiger partial charge >= 0.3 is 0 Å². The van der Waals surface area contributed by atoms with Crippen LogP contribution >= 0.6 is 0 Å². The van der Waals surface area contributed by atoms with E-state index in [9.17, 15) is 0 Å². The average molecular weight is 266 g/mol. The van der Waals surface area contributed by atoms with E-state index in [1.807, 2.05) is 0 Å². The SMILES string of the molecule is Cc1cc(CN(C)CC(C)C)oc1CNCC(C)C. The number of hydrogen-bond acceptors (Lipinski definition) is 3. The summed E-state index contributed by atoms with van der Waals surface area (Å²) in [7, 11) is 2.15. The summed E-state index contributed by atoms with van der Waals surface area (Å²) in [5.74, 6) is 3.51. The fraction of sp³-hybridized carbons (Fsp3) is 0.750. The zero-order valence-electron chi connectivity index (χ0n) is 13.4. The zero-order valence-corrected chi connectivity index (χ0v) is 13.4. The first-order chi connectivity index (χ1) is 8.88. The van der Waals surface area contributed by atoms with Crippen molar-refractivity contribution in [2.45, 2.75) is 47.7 Å². The van der Waals surface area contributed by atoms with Gasteiger partial charge in [-0.2, -0.15) is 0 Å². The molecule has 0 saturated heterocycles. The number of aryl methyl sites for hydroxylation is 1. The minimum Gasteiger partial charge on any atom is -0.463 e. The molecule has 0 fully saturated rings. The number of rotatable bonds is 8. The molecule has 0 bridgehead atoms. The summed E-state index contributed by atoms with van der Waals surface area (Å²) in [6.07, 6.45) is 0. The van der Waals surface area contributed by atoms with Crippen molar-refractivity contribution >= 4 is 0 Å². The van der Waals surface area contributed by atoms with Crippen molar-refractivity contribution < 1.29 is 4.42 Å². The van der Waals surface area contributed by atoms with Crippen LogP contribution in [0.15, 0.2) is 10.5 Å². The molecule has 110 valence electrons. The van der Waals surface area contributed by atoms with Crippen molar-refractivity contribution in [2.75, 3.05) is 20.1 Å². The number of nitrogens with zero attached hydrogens (tertiary/aromatic N) is 1. The lowest BCUT2D eigenvalue weighted by atomic mass is 10.2. The molecule has 0 radical (unpaired) electrons.